The normalized spacial score (nSPS) is 11.7. The molecule has 3 nitrogen and oxygen atoms in total. The van der Waals surface area contributed by atoms with E-state index in [-0.39, 0.29) is 11.4 Å². The first-order valence-electron chi connectivity index (χ1n) is 3.93. The van der Waals surface area contributed by atoms with E-state index in [1.165, 1.54) is 6.08 Å². The molecule has 0 aromatic carbocycles. The summed E-state index contributed by atoms with van der Waals surface area (Å²) in [4.78, 5) is 10.1. The lowest BCUT2D eigenvalue weighted by molar-refractivity contribution is -0.144. The van der Waals surface area contributed by atoms with Gasteiger partial charge in [0.15, 0.2) is 0 Å². The largest absolute Gasteiger partial charge is 0.432 e. The summed E-state index contributed by atoms with van der Waals surface area (Å²) in [6, 6.07) is 0. The third kappa shape index (κ3) is 2.29. The molecule has 0 unspecified atom stereocenters. The Labute approximate surface area is 87.1 Å². The van der Waals surface area contributed by atoms with E-state index < -0.39 is 23.4 Å². The van der Waals surface area contributed by atoms with Gasteiger partial charge in [-0.15, -0.1) is 6.58 Å². The van der Waals surface area contributed by atoms with E-state index >= 15 is 0 Å². The quantitative estimate of drug-likeness (QED) is 0.814. The van der Waals surface area contributed by atoms with Crippen LogP contribution >= 0.6 is 11.3 Å². The summed E-state index contributed by atoms with van der Waals surface area (Å²) in [5.74, 6) is 0. The smallest absolute Gasteiger partial charge is 0.391 e. The first-order chi connectivity index (χ1) is 6.91. The van der Waals surface area contributed by atoms with Crippen LogP contribution < -0.4 is 4.87 Å². The first kappa shape index (κ1) is 12.0. The summed E-state index contributed by atoms with van der Waals surface area (Å²) in [5, 5.41) is 8.72. The van der Waals surface area contributed by atoms with Crippen molar-refractivity contribution >= 4 is 11.3 Å². The minimum Gasteiger partial charge on any atom is -0.391 e. The van der Waals surface area contributed by atoms with Gasteiger partial charge in [0.25, 0.3) is 0 Å². The maximum Gasteiger partial charge on any atom is 0.432 e. The van der Waals surface area contributed by atoms with Crippen molar-refractivity contribution in [2.75, 3.05) is 0 Å². The predicted molar refractivity (Wildman–Crippen MR) is 49.7 cm³/mol. The van der Waals surface area contributed by atoms with Gasteiger partial charge in [0.2, 0.25) is 0 Å². The molecule has 0 fully saturated rings. The molecule has 1 aromatic rings. The standard InChI is InChI=1S/C8H8F3NO2S/c1-2-3-12-6(8(9,10)11)5(4-13)15-7(12)14/h2,13H,1,3-4H2. The molecule has 15 heavy (non-hydrogen) atoms. The van der Waals surface area contributed by atoms with Crippen LogP contribution in [0.2, 0.25) is 0 Å². The minimum atomic E-state index is -4.64. The number of nitrogens with zero attached hydrogens (tertiary/aromatic N) is 1. The molecule has 0 saturated carbocycles. The van der Waals surface area contributed by atoms with E-state index in [2.05, 4.69) is 6.58 Å². The van der Waals surface area contributed by atoms with Gasteiger partial charge < -0.3 is 5.11 Å². The van der Waals surface area contributed by atoms with Crippen LogP contribution in [-0.2, 0) is 19.3 Å². The summed E-state index contributed by atoms with van der Waals surface area (Å²) in [6.45, 7) is 2.26. The van der Waals surface area contributed by atoms with Gasteiger partial charge in [-0.05, 0) is 0 Å². The highest BCUT2D eigenvalue weighted by molar-refractivity contribution is 7.09. The van der Waals surface area contributed by atoms with Gasteiger partial charge in [0.05, 0.1) is 11.5 Å². The zero-order chi connectivity index (χ0) is 11.6. The lowest BCUT2D eigenvalue weighted by Crippen LogP contribution is -2.21. The van der Waals surface area contributed by atoms with E-state index in [1.807, 2.05) is 0 Å². The number of aliphatic hydroxyl groups excluding tert-OH is 1. The topological polar surface area (TPSA) is 42.2 Å². The number of aromatic nitrogens is 1. The Balaban J connectivity index is 3.42. The van der Waals surface area contributed by atoms with Crippen molar-refractivity contribution in [1.82, 2.24) is 4.57 Å². The first-order valence-corrected chi connectivity index (χ1v) is 4.75. The molecule has 7 heteroatoms. The Bertz CT molecular complexity index is 419. The fraction of sp³-hybridized carbons (Fsp3) is 0.375. The van der Waals surface area contributed by atoms with Crippen LogP contribution in [-0.4, -0.2) is 9.67 Å². The maximum atomic E-state index is 12.5. The fourth-order valence-corrected chi connectivity index (χ4v) is 2.04. The molecular weight excluding hydrogens is 231 g/mol. The van der Waals surface area contributed by atoms with Crippen molar-refractivity contribution < 1.29 is 18.3 Å². The van der Waals surface area contributed by atoms with Gasteiger partial charge in [-0.1, -0.05) is 17.4 Å². The third-order valence-corrected chi connectivity index (χ3v) is 2.65. The summed E-state index contributed by atoms with van der Waals surface area (Å²) < 4.78 is 38.2. The maximum absolute atomic E-state index is 12.5. The van der Waals surface area contributed by atoms with E-state index in [0.29, 0.717) is 15.9 Å². The molecule has 0 bridgehead atoms. The molecule has 0 spiro atoms. The van der Waals surface area contributed by atoms with Crippen LogP contribution in [0.25, 0.3) is 0 Å². The van der Waals surface area contributed by atoms with Crippen LogP contribution in [0, 0.1) is 0 Å². The number of halogens is 3. The van der Waals surface area contributed by atoms with E-state index in [4.69, 9.17) is 5.11 Å². The van der Waals surface area contributed by atoms with Crippen molar-refractivity contribution in [3.8, 4) is 0 Å². The molecule has 0 aliphatic carbocycles. The molecule has 0 radical (unpaired) electrons. The summed E-state index contributed by atoms with van der Waals surface area (Å²) in [5.41, 5.74) is -1.08. The third-order valence-electron chi connectivity index (χ3n) is 1.69. The monoisotopic (exact) mass is 239 g/mol. The number of hydrogen-bond acceptors (Lipinski definition) is 3. The van der Waals surface area contributed by atoms with Crippen molar-refractivity contribution in [2.24, 2.45) is 0 Å². The summed E-state index contributed by atoms with van der Waals surface area (Å²) >= 11 is 0.397. The fourth-order valence-electron chi connectivity index (χ4n) is 1.16. The number of alkyl halides is 3. The van der Waals surface area contributed by atoms with Crippen molar-refractivity contribution in [3.05, 3.63) is 32.9 Å². The molecule has 0 atom stereocenters. The van der Waals surface area contributed by atoms with Crippen molar-refractivity contribution in [2.45, 2.75) is 19.3 Å². The number of allylic oxidation sites excluding steroid dienone is 1. The van der Waals surface area contributed by atoms with E-state index in [9.17, 15) is 18.0 Å². The second-order valence-electron chi connectivity index (χ2n) is 2.69. The van der Waals surface area contributed by atoms with Crippen molar-refractivity contribution in [1.29, 1.82) is 0 Å². The van der Waals surface area contributed by atoms with E-state index in [1.54, 1.807) is 0 Å². The zero-order valence-electron chi connectivity index (χ0n) is 7.54. The van der Waals surface area contributed by atoms with Gasteiger partial charge >= 0.3 is 11.0 Å². The van der Waals surface area contributed by atoms with Crippen LogP contribution in [0.5, 0.6) is 0 Å². The molecule has 1 rings (SSSR count). The Morgan fingerprint density at radius 1 is 1.53 bits per heavy atom. The number of hydrogen-bond donors (Lipinski definition) is 1. The molecule has 1 N–H and O–H groups in total. The average Bonchev–Trinajstić information content (AvgIpc) is 2.43. The number of rotatable bonds is 3. The SMILES string of the molecule is C=CCn1c(C(F)(F)F)c(CO)sc1=O. The second kappa shape index (κ2) is 4.19. The predicted octanol–water partition coefficient (Wildman–Crippen LogP) is 1.61. The zero-order valence-corrected chi connectivity index (χ0v) is 8.36. The molecule has 1 aromatic heterocycles. The van der Waals surface area contributed by atoms with Crippen LogP contribution in [0.4, 0.5) is 13.2 Å². The Kier molecular flexibility index (Phi) is 3.35. The molecule has 84 valence electrons. The van der Waals surface area contributed by atoms with Gasteiger partial charge in [0, 0.05) is 6.54 Å². The second-order valence-corrected chi connectivity index (χ2v) is 3.74. The summed E-state index contributed by atoms with van der Waals surface area (Å²) in [6.07, 6.45) is -3.44. The molecule has 0 amide bonds. The van der Waals surface area contributed by atoms with Gasteiger partial charge in [-0.3, -0.25) is 9.36 Å². The summed E-state index contributed by atoms with van der Waals surface area (Å²) in [7, 11) is 0. The van der Waals surface area contributed by atoms with E-state index in [0.717, 1.165) is 0 Å². The molecule has 0 aliphatic heterocycles. The molecule has 1 heterocycles. The van der Waals surface area contributed by atoms with Crippen LogP contribution in [0.3, 0.4) is 0 Å². The van der Waals surface area contributed by atoms with Crippen molar-refractivity contribution in [3.63, 3.8) is 0 Å². The van der Waals surface area contributed by atoms with Gasteiger partial charge in [0.1, 0.15) is 5.69 Å². The highest BCUT2D eigenvalue weighted by Gasteiger charge is 2.38. The molecule has 0 aliphatic rings. The highest BCUT2D eigenvalue weighted by Crippen LogP contribution is 2.33. The lowest BCUT2D eigenvalue weighted by atomic mass is 10.3. The highest BCUT2D eigenvalue weighted by atomic mass is 32.1. The Morgan fingerprint density at radius 2 is 2.13 bits per heavy atom. The van der Waals surface area contributed by atoms with Crippen LogP contribution in [0.1, 0.15) is 10.6 Å². The van der Waals surface area contributed by atoms with Gasteiger partial charge in [-0.25, -0.2) is 0 Å². The van der Waals surface area contributed by atoms with Crippen LogP contribution in [0.15, 0.2) is 17.4 Å². The molecule has 0 saturated heterocycles. The molecular formula is C8H8F3NO2S. The lowest BCUT2D eigenvalue weighted by Gasteiger charge is -2.10. The average molecular weight is 239 g/mol. The number of thiazole rings is 1. The Morgan fingerprint density at radius 3 is 2.53 bits per heavy atom. The number of aliphatic hydroxyl groups is 1. The van der Waals surface area contributed by atoms with Gasteiger partial charge in [-0.2, -0.15) is 13.2 Å². The Hall–Kier alpha value is -1.08. The minimum absolute atomic E-state index is 0.218.